The van der Waals surface area contributed by atoms with Crippen LogP contribution in [0.2, 0.25) is 0 Å². The first-order valence-electron chi connectivity index (χ1n) is 9.37. The Kier molecular flexibility index (Phi) is 5.89. The number of aryl methyl sites for hydroxylation is 1. The van der Waals surface area contributed by atoms with Crippen molar-refractivity contribution in [1.29, 1.82) is 0 Å². The highest BCUT2D eigenvalue weighted by molar-refractivity contribution is 5.79. The van der Waals surface area contributed by atoms with Crippen LogP contribution in [0, 0.1) is 12.8 Å². The highest BCUT2D eigenvalue weighted by atomic mass is 16.2. The number of rotatable bonds is 4. The van der Waals surface area contributed by atoms with E-state index in [9.17, 15) is 9.59 Å². The van der Waals surface area contributed by atoms with Crippen LogP contribution in [0.25, 0.3) is 0 Å². The van der Waals surface area contributed by atoms with Crippen molar-refractivity contribution in [3.05, 3.63) is 29.6 Å². The quantitative estimate of drug-likeness (QED) is 0.880. The Morgan fingerprint density at radius 2 is 2.04 bits per heavy atom. The maximum atomic E-state index is 12.6. The van der Waals surface area contributed by atoms with Crippen molar-refractivity contribution in [3.63, 3.8) is 0 Å². The molecule has 2 N–H and O–H groups in total. The minimum Gasteiger partial charge on any atom is -0.340 e. The van der Waals surface area contributed by atoms with Gasteiger partial charge in [-0.2, -0.15) is 0 Å². The van der Waals surface area contributed by atoms with Gasteiger partial charge in [-0.3, -0.25) is 9.78 Å². The zero-order valence-corrected chi connectivity index (χ0v) is 15.0. The van der Waals surface area contributed by atoms with E-state index in [-0.39, 0.29) is 23.9 Å². The van der Waals surface area contributed by atoms with Crippen LogP contribution in [0.1, 0.15) is 49.8 Å². The van der Waals surface area contributed by atoms with Gasteiger partial charge in [0.25, 0.3) is 0 Å². The second-order valence-corrected chi connectivity index (χ2v) is 7.20. The lowest BCUT2D eigenvalue weighted by molar-refractivity contribution is -0.135. The van der Waals surface area contributed by atoms with Crippen LogP contribution in [0.5, 0.6) is 0 Å². The van der Waals surface area contributed by atoms with E-state index < -0.39 is 0 Å². The predicted molar refractivity (Wildman–Crippen MR) is 95.9 cm³/mol. The number of carbonyl (C=O) groups is 2. The molecular weight excluding hydrogens is 316 g/mol. The van der Waals surface area contributed by atoms with E-state index in [2.05, 4.69) is 15.6 Å². The maximum Gasteiger partial charge on any atom is 0.315 e. The van der Waals surface area contributed by atoms with Crippen molar-refractivity contribution in [2.45, 2.75) is 58.0 Å². The number of hydrogen-bond acceptors (Lipinski definition) is 3. The molecule has 6 heteroatoms. The SMILES string of the molecule is Cc1cccnc1CNC(=O)NC1CCN(C(=O)C2CCCCC2)C1. The number of carbonyl (C=O) groups excluding carboxylic acids is 2. The van der Waals surface area contributed by atoms with Gasteiger partial charge in [0, 0.05) is 31.2 Å². The van der Waals surface area contributed by atoms with Crippen molar-refractivity contribution in [2.75, 3.05) is 13.1 Å². The number of pyridine rings is 1. The molecule has 1 aliphatic carbocycles. The Bertz CT molecular complexity index is 613. The van der Waals surface area contributed by atoms with Crippen molar-refractivity contribution in [2.24, 2.45) is 5.92 Å². The summed E-state index contributed by atoms with van der Waals surface area (Å²) in [5, 5.41) is 5.84. The summed E-state index contributed by atoms with van der Waals surface area (Å²) in [6.45, 7) is 3.77. The van der Waals surface area contributed by atoms with Crippen LogP contribution in [-0.4, -0.2) is 41.0 Å². The molecule has 1 aromatic rings. The molecule has 2 fully saturated rings. The molecule has 2 aliphatic rings. The van der Waals surface area contributed by atoms with Gasteiger partial charge in [0.2, 0.25) is 5.91 Å². The summed E-state index contributed by atoms with van der Waals surface area (Å²) in [6, 6.07) is 3.71. The molecule has 3 amide bonds. The van der Waals surface area contributed by atoms with E-state index in [1.165, 1.54) is 19.3 Å². The normalized spacial score (nSPS) is 21.2. The standard InChI is InChI=1S/C19H28N4O2/c1-14-6-5-10-20-17(14)12-21-19(25)22-16-9-11-23(13-16)18(24)15-7-3-2-4-8-15/h5-6,10,15-16H,2-4,7-9,11-13H2,1H3,(H2,21,22,25). The summed E-state index contributed by atoms with van der Waals surface area (Å²) in [4.78, 5) is 30.9. The zero-order valence-electron chi connectivity index (χ0n) is 15.0. The van der Waals surface area contributed by atoms with Crippen molar-refractivity contribution in [1.82, 2.24) is 20.5 Å². The first-order valence-corrected chi connectivity index (χ1v) is 9.37. The summed E-state index contributed by atoms with van der Waals surface area (Å²) in [6.07, 6.45) is 8.20. The molecule has 0 aromatic carbocycles. The largest absolute Gasteiger partial charge is 0.340 e. The summed E-state index contributed by atoms with van der Waals surface area (Å²) < 4.78 is 0. The van der Waals surface area contributed by atoms with E-state index in [1.807, 2.05) is 24.0 Å². The van der Waals surface area contributed by atoms with Crippen LogP contribution in [0.4, 0.5) is 4.79 Å². The molecule has 0 spiro atoms. The van der Waals surface area contributed by atoms with E-state index in [1.54, 1.807) is 6.20 Å². The van der Waals surface area contributed by atoms with Gasteiger partial charge in [0.15, 0.2) is 0 Å². The Labute approximate surface area is 149 Å². The van der Waals surface area contributed by atoms with Crippen LogP contribution in [0.3, 0.4) is 0 Å². The second-order valence-electron chi connectivity index (χ2n) is 7.20. The molecule has 6 nitrogen and oxygen atoms in total. The molecule has 136 valence electrons. The molecular formula is C19H28N4O2. The van der Waals surface area contributed by atoms with Crippen molar-refractivity contribution in [3.8, 4) is 0 Å². The number of urea groups is 1. The lowest BCUT2D eigenvalue weighted by atomic mass is 9.88. The van der Waals surface area contributed by atoms with E-state index in [4.69, 9.17) is 0 Å². The summed E-state index contributed by atoms with van der Waals surface area (Å²) in [5.74, 6) is 0.488. The molecule has 1 saturated heterocycles. The topological polar surface area (TPSA) is 74.3 Å². The lowest BCUT2D eigenvalue weighted by Gasteiger charge is -2.26. The molecule has 2 heterocycles. The van der Waals surface area contributed by atoms with Crippen LogP contribution in [0.15, 0.2) is 18.3 Å². The van der Waals surface area contributed by atoms with E-state index >= 15 is 0 Å². The van der Waals surface area contributed by atoms with Gasteiger partial charge in [-0.05, 0) is 37.8 Å². The Morgan fingerprint density at radius 3 is 2.80 bits per heavy atom. The summed E-state index contributed by atoms with van der Waals surface area (Å²) in [7, 11) is 0. The van der Waals surface area contributed by atoms with E-state index in [0.29, 0.717) is 13.1 Å². The third-order valence-electron chi connectivity index (χ3n) is 5.32. The Hall–Kier alpha value is -2.11. The molecule has 1 atom stereocenters. The minimum absolute atomic E-state index is 0.0392. The van der Waals surface area contributed by atoms with Gasteiger partial charge < -0.3 is 15.5 Å². The van der Waals surface area contributed by atoms with Crippen LogP contribution < -0.4 is 10.6 Å². The van der Waals surface area contributed by atoms with Gasteiger partial charge in [-0.25, -0.2) is 4.79 Å². The fraction of sp³-hybridized carbons (Fsp3) is 0.632. The van der Waals surface area contributed by atoms with Crippen molar-refractivity contribution < 1.29 is 9.59 Å². The number of hydrogen-bond donors (Lipinski definition) is 2. The fourth-order valence-electron chi connectivity index (χ4n) is 3.79. The van der Waals surface area contributed by atoms with Gasteiger partial charge in [0.05, 0.1) is 12.2 Å². The highest BCUT2D eigenvalue weighted by Crippen LogP contribution is 2.26. The Balaban J connectivity index is 1.42. The number of aromatic nitrogens is 1. The monoisotopic (exact) mass is 344 g/mol. The summed E-state index contributed by atoms with van der Waals surface area (Å²) >= 11 is 0. The van der Waals surface area contributed by atoms with Crippen molar-refractivity contribution >= 4 is 11.9 Å². The first kappa shape index (κ1) is 17.7. The third-order valence-corrected chi connectivity index (χ3v) is 5.32. The van der Waals surface area contributed by atoms with Crippen LogP contribution in [-0.2, 0) is 11.3 Å². The number of nitrogens with zero attached hydrogens (tertiary/aromatic N) is 2. The maximum absolute atomic E-state index is 12.6. The Morgan fingerprint density at radius 1 is 1.24 bits per heavy atom. The zero-order chi connectivity index (χ0) is 17.6. The van der Waals surface area contributed by atoms with Gasteiger partial charge >= 0.3 is 6.03 Å². The molecule has 0 bridgehead atoms. The lowest BCUT2D eigenvalue weighted by Crippen LogP contribution is -2.44. The molecule has 0 radical (unpaired) electrons. The van der Waals surface area contributed by atoms with Gasteiger partial charge in [-0.15, -0.1) is 0 Å². The average Bonchev–Trinajstić information content (AvgIpc) is 3.09. The van der Waals surface area contributed by atoms with Gasteiger partial charge in [-0.1, -0.05) is 25.3 Å². The van der Waals surface area contributed by atoms with E-state index in [0.717, 1.165) is 37.1 Å². The summed E-state index contributed by atoms with van der Waals surface area (Å²) in [5.41, 5.74) is 1.94. The highest BCUT2D eigenvalue weighted by Gasteiger charge is 2.32. The number of nitrogens with one attached hydrogen (secondary N) is 2. The molecule has 3 rings (SSSR count). The molecule has 1 saturated carbocycles. The number of amides is 3. The predicted octanol–water partition coefficient (Wildman–Crippen LogP) is 2.37. The minimum atomic E-state index is -0.193. The molecule has 25 heavy (non-hydrogen) atoms. The van der Waals surface area contributed by atoms with Gasteiger partial charge in [0.1, 0.15) is 0 Å². The molecule has 1 unspecified atom stereocenters. The fourth-order valence-corrected chi connectivity index (χ4v) is 3.79. The number of likely N-dealkylation sites (tertiary alicyclic amines) is 1. The first-order chi connectivity index (χ1) is 12.1. The third kappa shape index (κ3) is 4.71. The second kappa shape index (κ2) is 8.32. The van der Waals surface area contributed by atoms with Crippen LogP contribution >= 0.6 is 0 Å². The molecule has 1 aliphatic heterocycles. The molecule has 1 aromatic heterocycles. The smallest absolute Gasteiger partial charge is 0.315 e. The average molecular weight is 344 g/mol.